The number of amides is 2. The number of nitrogens with one attached hydrogen (secondary N) is 1. The van der Waals surface area contributed by atoms with Crippen LogP contribution in [0.5, 0.6) is 11.5 Å². The number of hydrogen-bond donors (Lipinski definition) is 1. The maximum absolute atomic E-state index is 13.0. The van der Waals surface area contributed by atoms with Crippen molar-refractivity contribution in [2.75, 3.05) is 18.5 Å². The van der Waals surface area contributed by atoms with Crippen LogP contribution < -0.4 is 14.8 Å². The predicted octanol–water partition coefficient (Wildman–Crippen LogP) is 6.14. The molecule has 0 aromatic heterocycles. The first-order valence-electron chi connectivity index (χ1n) is 11.1. The molecule has 38 heavy (non-hydrogen) atoms. The third-order valence-electron chi connectivity index (χ3n) is 5.47. The molecule has 2 amide bonds. The molecule has 0 radical (unpaired) electrons. The molecule has 196 valence electrons. The summed E-state index contributed by atoms with van der Waals surface area (Å²) in [6.45, 7) is -4.27. The van der Waals surface area contributed by atoms with E-state index in [0.29, 0.717) is 22.5 Å². The first kappa shape index (κ1) is 26.4. The molecule has 3 aromatic rings. The van der Waals surface area contributed by atoms with Crippen molar-refractivity contribution in [3.8, 4) is 17.6 Å². The van der Waals surface area contributed by atoms with Crippen LogP contribution in [0.3, 0.4) is 0 Å². The number of carbonyl (C=O) groups excluding carboxylic acids is 1. The zero-order valence-electron chi connectivity index (χ0n) is 19.5. The van der Waals surface area contributed by atoms with Crippen molar-refractivity contribution in [3.63, 3.8) is 0 Å². The van der Waals surface area contributed by atoms with Crippen LogP contribution >= 0.6 is 0 Å². The van der Waals surface area contributed by atoms with Crippen molar-refractivity contribution in [3.05, 3.63) is 89.5 Å². The van der Waals surface area contributed by atoms with Gasteiger partial charge in [0.25, 0.3) is 0 Å². The van der Waals surface area contributed by atoms with Gasteiger partial charge in [0.15, 0.2) is 6.61 Å². The molecule has 0 aliphatic carbocycles. The standard InChI is InChI=1S/C26H19F5N4O3/c27-24(28)38-21-11-7-19(8-12-21)33-25(36)35-14-22(17-3-1-16(13-32)2-4-17)23(34-35)18-5-9-20(10-6-18)37-15-26(29,30)31/h1-12,22,24H,14-15H2,(H,33,36). The fraction of sp³-hybridized carbons (Fsp3) is 0.192. The number of rotatable bonds is 7. The third kappa shape index (κ3) is 6.76. The molecule has 3 aromatic carbocycles. The Bertz CT molecular complexity index is 1340. The van der Waals surface area contributed by atoms with E-state index in [1.807, 2.05) is 6.07 Å². The maximum Gasteiger partial charge on any atom is 0.422 e. The lowest BCUT2D eigenvalue weighted by atomic mass is 9.90. The molecule has 4 rings (SSSR count). The number of halogens is 5. The largest absolute Gasteiger partial charge is 0.484 e. The topological polar surface area (TPSA) is 87.0 Å². The fourth-order valence-corrected chi connectivity index (χ4v) is 3.74. The van der Waals surface area contributed by atoms with Crippen LogP contribution in [0.2, 0.25) is 0 Å². The zero-order chi connectivity index (χ0) is 27.3. The lowest BCUT2D eigenvalue weighted by molar-refractivity contribution is -0.153. The van der Waals surface area contributed by atoms with Crippen LogP contribution in [0.1, 0.15) is 22.6 Å². The highest BCUT2D eigenvalue weighted by Crippen LogP contribution is 2.31. The highest BCUT2D eigenvalue weighted by Gasteiger charge is 2.33. The Balaban J connectivity index is 1.55. The molecular weight excluding hydrogens is 511 g/mol. The van der Waals surface area contributed by atoms with E-state index in [2.05, 4.69) is 15.2 Å². The van der Waals surface area contributed by atoms with Crippen molar-refractivity contribution < 1.29 is 36.2 Å². The molecule has 7 nitrogen and oxygen atoms in total. The van der Waals surface area contributed by atoms with Gasteiger partial charge >= 0.3 is 18.8 Å². The van der Waals surface area contributed by atoms with Gasteiger partial charge in [-0.3, -0.25) is 0 Å². The second kappa shape index (κ2) is 11.2. The van der Waals surface area contributed by atoms with Crippen molar-refractivity contribution in [2.24, 2.45) is 5.10 Å². The summed E-state index contributed by atoms with van der Waals surface area (Å²) >= 11 is 0. The molecule has 1 N–H and O–H groups in total. The highest BCUT2D eigenvalue weighted by atomic mass is 19.4. The second-order valence-corrected chi connectivity index (χ2v) is 8.12. The Hall–Kier alpha value is -4.66. The molecule has 0 fully saturated rings. The van der Waals surface area contributed by atoms with Crippen LogP contribution in [0.15, 0.2) is 77.9 Å². The van der Waals surface area contributed by atoms with E-state index in [1.165, 1.54) is 41.4 Å². The summed E-state index contributed by atoms with van der Waals surface area (Å²) in [5.74, 6) is -0.450. The van der Waals surface area contributed by atoms with Gasteiger partial charge in [-0.15, -0.1) is 0 Å². The normalized spacial score (nSPS) is 15.1. The Labute approximate surface area is 213 Å². The molecule has 0 bridgehead atoms. The Morgan fingerprint density at radius 2 is 1.66 bits per heavy atom. The summed E-state index contributed by atoms with van der Waals surface area (Å²) in [6.07, 6.45) is -4.47. The van der Waals surface area contributed by atoms with E-state index in [4.69, 9.17) is 10.00 Å². The van der Waals surface area contributed by atoms with Gasteiger partial charge in [-0.05, 0) is 71.8 Å². The first-order chi connectivity index (χ1) is 18.1. The summed E-state index contributed by atoms with van der Waals surface area (Å²) in [7, 11) is 0. The van der Waals surface area contributed by atoms with Gasteiger partial charge in [0.05, 0.1) is 23.9 Å². The van der Waals surface area contributed by atoms with Gasteiger partial charge in [0.1, 0.15) is 11.5 Å². The predicted molar refractivity (Wildman–Crippen MR) is 127 cm³/mol. The van der Waals surface area contributed by atoms with Crippen molar-refractivity contribution in [2.45, 2.75) is 18.7 Å². The number of nitrogens with zero attached hydrogens (tertiary/aromatic N) is 3. The third-order valence-corrected chi connectivity index (χ3v) is 5.47. The summed E-state index contributed by atoms with van der Waals surface area (Å²) in [5, 5.41) is 17.4. The van der Waals surface area contributed by atoms with Crippen LogP contribution in [0.25, 0.3) is 0 Å². The Morgan fingerprint density at radius 3 is 2.24 bits per heavy atom. The molecule has 1 unspecified atom stereocenters. The molecule has 0 saturated heterocycles. The molecule has 0 saturated carbocycles. The highest BCUT2D eigenvalue weighted by molar-refractivity contribution is 6.08. The molecule has 12 heteroatoms. The van der Waals surface area contributed by atoms with Gasteiger partial charge in [-0.1, -0.05) is 12.1 Å². The van der Waals surface area contributed by atoms with E-state index in [9.17, 15) is 26.7 Å². The van der Waals surface area contributed by atoms with Crippen LogP contribution in [-0.2, 0) is 0 Å². The minimum absolute atomic E-state index is 0.0217. The lowest BCUT2D eigenvalue weighted by Gasteiger charge is -2.16. The van der Waals surface area contributed by atoms with Gasteiger partial charge in [-0.25, -0.2) is 9.80 Å². The summed E-state index contributed by atoms with van der Waals surface area (Å²) in [5.41, 5.74) is 2.58. The Morgan fingerprint density at radius 1 is 1.03 bits per heavy atom. The van der Waals surface area contributed by atoms with E-state index in [0.717, 1.165) is 5.56 Å². The monoisotopic (exact) mass is 530 g/mol. The number of nitriles is 1. The Kier molecular flexibility index (Phi) is 7.76. The zero-order valence-corrected chi connectivity index (χ0v) is 19.5. The van der Waals surface area contributed by atoms with Gasteiger partial charge in [0.2, 0.25) is 0 Å². The summed E-state index contributed by atoms with van der Waals surface area (Å²) < 4.78 is 71.1. The lowest BCUT2D eigenvalue weighted by Crippen LogP contribution is -2.30. The summed E-state index contributed by atoms with van der Waals surface area (Å²) in [4.78, 5) is 13.0. The molecule has 1 aliphatic rings. The van der Waals surface area contributed by atoms with E-state index in [1.54, 1.807) is 36.4 Å². The smallest absolute Gasteiger partial charge is 0.422 e. The molecular formula is C26H19F5N4O3. The molecule has 1 aliphatic heterocycles. The minimum Gasteiger partial charge on any atom is -0.484 e. The van der Waals surface area contributed by atoms with Crippen molar-refractivity contribution >= 4 is 17.4 Å². The van der Waals surface area contributed by atoms with Crippen molar-refractivity contribution in [1.82, 2.24) is 5.01 Å². The fourth-order valence-electron chi connectivity index (χ4n) is 3.74. The van der Waals surface area contributed by atoms with Crippen LogP contribution in [-0.4, -0.2) is 42.7 Å². The number of carbonyl (C=O) groups is 1. The number of urea groups is 1. The number of anilines is 1. The quantitative estimate of drug-likeness (QED) is 0.372. The molecule has 1 atom stereocenters. The maximum atomic E-state index is 13.0. The van der Waals surface area contributed by atoms with Gasteiger partial charge < -0.3 is 14.8 Å². The van der Waals surface area contributed by atoms with E-state index in [-0.39, 0.29) is 18.0 Å². The number of benzene rings is 3. The van der Waals surface area contributed by atoms with Crippen molar-refractivity contribution in [1.29, 1.82) is 5.26 Å². The summed E-state index contributed by atoms with van der Waals surface area (Å²) in [6, 6.07) is 19.4. The number of ether oxygens (including phenoxy) is 2. The minimum atomic E-state index is -4.47. The number of hydrazone groups is 1. The van der Waals surface area contributed by atoms with Gasteiger partial charge in [0, 0.05) is 11.6 Å². The van der Waals surface area contributed by atoms with E-state index >= 15 is 0 Å². The van der Waals surface area contributed by atoms with Crippen LogP contribution in [0, 0.1) is 11.3 Å². The van der Waals surface area contributed by atoms with Gasteiger partial charge in [-0.2, -0.15) is 32.3 Å². The molecule has 0 spiro atoms. The van der Waals surface area contributed by atoms with E-state index < -0.39 is 31.3 Å². The average molecular weight is 530 g/mol. The van der Waals surface area contributed by atoms with Crippen LogP contribution in [0.4, 0.5) is 32.4 Å². The second-order valence-electron chi connectivity index (χ2n) is 8.12. The molecule has 1 heterocycles. The number of alkyl halides is 5. The SMILES string of the molecule is N#Cc1ccc(C2CN(C(=O)Nc3ccc(OC(F)F)cc3)N=C2c2ccc(OCC(F)(F)F)cc2)cc1. The number of hydrogen-bond acceptors (Lipinski definition) is 5. The average Bonchev–Trinajstić information content (AvgIpc) is 3.34. The first-order valence-corrected chi connectivity index (χ1v) is 11.1.